The predicted molar refractivity (Wildman–Crippen MR) is 89.7 cm³/mol. The molecule has 1 saturated heterocycles. The highest BCUT2D eigenvalue weighted by atomic mass is 16.3. The fourth-order valence-corrected chi connectivity index (χ4v) is 3.43. The molecule has 0 bridgehead atoms. The third-order valence-corrected chi connectivity index (χ3v) is 5.21. The average molecular weight is 287 g/mol. The van der Waals surface area contributed by atoms with Gasteiger partial charge in [-0.25, -0.2) is 0 Å². The number of hydrogen-bond acceptors (Lipinski definition) is 2. The predicted octanol–water partition coefficient (Wildman–Crippen LogP) is 4.35. The molecule has 2 nitrogen and oxygen atoms in total. The third-order valence-electron chi connectivity index (χ3n) is 5.21. The lowest BCUT2D eigenvalue weighted by molar-refractivity contribution is 0.109. The molecule has 1 aromatic carbocycles. The lowest BCUT2D eigenvalue weighted by Gasteiger charge is -2.45. The number of likely N-dealkylation sites (tertiary alicyclic amines) is 1. The maximum absolute atomic E-state index is 9.74. The van der Waals surface area contributed by atoms with Gasteiger partial charge in [-0.05, 0) is 67.8 Å². The quantitative estimate of drug-likeness (QED) is 0.621. The molecule has 0 saturated carbocycles. The van der Waals surface area contributed by atoms with Crippen LogP contribution in [-0.4, -0.2) is 29.6 Å². The van der Waals surface area contributed by atoms with E-state index in [0.717, 1.165) is 19.5 Å². The van der Waals surface area contributed by atoms with Crippen LogP contribution in [0, 0.1) is 5.92 Å². The first kappa shape index (κ1) is 16.1. The van der Waals surface area contributed by atoms with Crippen molar-refractivity contribution in [3.63, 3.8) is 0 Å². The van der Waals surface area contributed by atoms with E-state index in [1.807, 2.05) is 18.2 Å². The van der Waals surface area contributed by atoms with Gasteiger partial charge in [0, 0.05) is 6.54 Å². The fraction of sp³-hybridized carbons (Fsp3) is 0.579. The standard InChI is InChI=1S/C19H29NO/c1-4-5-6-7-12-20-13-11-19(3,16(2)15-20)17-9-8-10-18(21)14-17/h4,8-10,14,16,21H,1,5-7,11-13,15H2,2-3H3. The fourth-order valence-electron chi connectivity index (χ4n) is 3.43. The van der Waals surface area contributed by atoms with E-state index in [2.05, 4.69) is 31.4 Å². The number of phenols is 1. The van der Waals surface area contributed by atoms with Crippen molar-refractivity contribution in [2.24, 2.45) is 5.92 Å². The zero-order valence-electron chi connectivity index (χ0n) is 13.5. The van der Waals surface area contributed by atoms with E-state index in [9.17, 15) is 5.11 Å². The molecule has 1 fully saturated rings. The van der Waals surface area contributed by atoms with Crippen LogP contribution in [0.1, 0.15) is 45.1 Å². The Morgan fingerprint density at radius 3 is 2.90 bits per heavy atom. The molecule has 0 aliphatic carbocycles. The molecule has 116 valence electrons. The van der Waals surface area contributed by atoms with Gasteiger partial charge in [-0.3, -0.25) is 0 Å². The Bertz CT molecular complexity index is 470. The van der Waals surface area contributed by atoms with Gasteiger partial charge < -0.3 is 10.0 Å². The molecule has 0 amide bonds. The molecule has 0 spiro atoms. The van der Waals surface area contributed by atoms with Gasteiger partial charge in [-0.1, -0.05) is 32.1 Å². The van der Waals surface area contributed by atoms with Crippen molar-refractivity contribution in [3.8, 4) is 5.75 Å². The van der Waals surface area contributed by atoms with Crippen LogP contribution >= 0.6 is 0 Å². The maximum atomic E-state index is 9.74. The van der Waals surface area contributed by atoms with E-state index in [1.165, 1.54) is 31.4 Å². The van der Waals surface area contributed by atoms with Crippen LogP contribution in [0.2, 0.25) is 0 Å². The second-order valence-corrected chi connectivity index (χ2v) is 6.70. The van der Waals surface area contributed by atoms with Crippen molar-refractivity contribution >= 4 is 0 Å². The van der Waals surface area contributed by atoms with E-state index in [0.29, 0.717) is 11.7 Å². The van der Waals surface area contributed by atoms with Gasteiger partial charge in [0.25, 0.3) is 0 Å². The summed E-state index contributed by atoms with van der Waals surface area (Å²) < 4.78 is 0. The summed E-state index contributed by atoms with van der Waals surface area (Å²) in [5, 5.41) is 9.74. The van der Waals surface area contributed by atoms with Gasteiger partial charge in [0.05, 0.1) is 0 Å². The Hall–Kier alpha value is -1.28. The Morgan fingerprint density at radius 2 is 2.24 bits per heavy atom. The summed E-state index contributed by atoms with van der Waals surface area (Å²) >= 11 is 0. The van der Waals surface area contributed by atoms with Crippen LogP contribution in [0.3, 0.4) is 0 Å². The minimum atomic E-state index is 0.177. The number of allylic oxidation sites excluding steroid dienone is 1. The smallest absolute Gasteiger partial charge is 0.115 e. The van der Waals surface area contributed by atoms with Crippen molar-refractivity contribution in [1.29, 1.82) is 0 Å². The normalized spacial score (nSPS) is 26.7. The molecule has 2 unspecified atom stereocenters. The highest BCUT2D eigenvalue weighted by Gasteiger charge is 2.37. The number of rotatable bonds is 6. The lowest BCUT2D eigenvalue weighted by atomic mass is 9.68. The van der Waals surface area contributed by atoms with Crippen molar-refractivity contribution in [1.82, 2.24) is 4.90 Å². The van der Waals surface area contributed by atoms with Gasteiger partial charge in [0.2, 0.25) is 0 Å². The van der Waals surface area contributed by atoms with Crippen molar-refractivity contribution < 1.29 is 5.11 Å². The number of benzene rings is 1. The van der Waals surface area contributed by atoms with Crippen LogP contribution in [0.25, 0.3) is 0 Å². The van der Waals surface area contributed by atoms with Crippen LogP contribution in [0.5, 0.6) is 5.75 Å². The van der Waals surface area contributed by atoms with Gasteiger partial charge in [0.15, 0.2) is 0 Å². The Kier molecular flexibility index (Phi) is 5.46. The molecule has 1 aromatic rings. The SMILES string of the molecule is C=CCCCCN1CCC(C)(c2cccc(O)c2)C(C)C1. The van der Waals surface area contributed by atoms with E-state index in [4.69, 9.17) is 0 Å². The highest BCUT2D eigenvalue weighted by molar-refractivity contribution is 5.33. The number of nitrogens with zero attached hydrogens (tertiary/aromatic N) is 1. The maximum Gasteiger partial charge on any atom is 0.115 e. The molecular weight excluding hydrogens is 258 g/mol. The van der Waals surface area contributed by atoms with Crippen molar-refractivity contribution in [2.75, 3.05) is 19.6 Å². The number of phenolic OH excluding ortho intramolecular Hbond substituents is 1. The first-order valence-electron chi connectivity index (χ1n) is 8.19. The first-order valence-corrected chi connectivity index (χ1v) is 8.19. The molecule has 0 radical (unpaired) electrons. The van der Waals surface area contributed by atoms with Crippen LogP contribution in [0.15, 0.2) is 36.9 Å². The topological polar surface area (TPSA) is 23.5 Å². The zero-order valence-corrected chi connectivity index (χ0v) is 13.5. The monoisotopic (exact) mass is 287 g/mol. The summed E-state index contributed by atoms with van der Waals surface area (Å²) in [5.41, 5.74) is 1.46. The third kappa shape index (κ3) is 3.88. The molecule has 2 rings (SSSR count). The molecule has 1 N–H and O–H groups in total. The summed E-state index contributed by atoms with van der Waals surface area (Å²) in [7, 11) is 0. The van der Waals surface area contributed by atoms with E-state index < -0.39 is 0 Å². The first-order chi connectivity index (χ1) is 10.1. The Morgan fingerprint density at radius 1 is 1.43 bits per heavy atom. The molecule has 2 heteroatoms. The largest absolute Gasteiger partial charge is 0.508 e. The molecule has 21 heavy (non-hydrogen) atoms. The van der Waals surface area contributed by atoms with Crippen molar-refractivity contribution in [2.45, 2.75) is 44.9 Å². The second-order valence-electron chi connectivity index (χ2n) is 6.70. The highest BCUT2D eigenvalue weighted by Crippen LogP contribution is 2.40. The summed E-state index contributed by atoms with van der Waals surface area (Å²) in [6.07, 6.45) is 6.82. The molecule has 2 atom stereocenters. The summed E-state index contributed by atoms with van der Waals surface area (Å²) in [6, 6.07) is 7.82. The summed E-state index contributed by atoms with van der Waals surface area (Å²) in [6.45, 7) is 12.0. The molecule has 1 heterocycles. The lowest BCUT2D eigenvalue weighted by Crippen LogP contribution is -2.47. The van der Waals surface area contributed by atoms with Gasteiger partial charge in [0.1, 0.15) is 5.75 Å². The number of unbranched alkanes of at least 4 members (excludes halogenated alkanes) is 2. The van der Waals surface area contributed by atoms with Crippen molar-refractivity contribution in [3.05, 3.63) is 42.5 Å². The average Bonchev–Trinajstić information content (AvgIpc) is 2.47. The Labute approximate surface area is 129 Å². The second kappa shape index (κ2) is 7.13. The summed E-state index contributed by atoms with van der Waals surface area (Å²) in [4.78, 5) is 2.60. The van der Waals surface area contributed by atoms with Crippen LogP contribution in [0.4, 0.5) is 0 Å². The van der Waals surface area contributed by atoms with Gasteiger partial charge in [-0.15, -0.1) is 6.58 Å². The van der Waals surface area contributed by atoms with Crippen LogP contribution < -0.4 is 0 Å². The zero-order chi connectivity index (χ0) is 15.3. The molecule has 1 aliphatic heterocycles. The van der Waals surface area contributed by atoms with E-state index in [1.54, 1.807) is 6.07 Å². The Balaban J connectivity index is 1.95. The minimum Gasteiger partial charge on any atom is -0.508 e. The molecular formula is C19H29NO. The van der Waals surface area contributed by atoms with Gasteiger partial charge >= 0.3 is 0 Å². The van der Waals surface area contributed by atoms with E-state index in [-0.39, 0.29) is 5.41 Å². The van der Waals surface area contributed by atoms with Gasteiger partial charge in [-0.2, -0.15) is 0 Å². The number of aromatic hydroxyl groups is 1. The van der Waals surface area contributed by atoms with Crippen LogP contribution in [-0.2, 0) is 5.41 Å². The molecule has 1 aliphatic rings. The minimum absolute atomic E-state index is 0.177. The van der Waals surface area contributed by atoms with E-state index >= 15 is 0 Å². The summed E-state index contributed by atoms with van der Waals surface area (Å²) in [5.74, 6) is 0.986. The molecule has 0 aromatic heterocycles. The number of hydrogen-bond donors (Lipinski definition) is 1. The number of piperidine rings is 1.